The fourth-order valence-corrected chi connectivity index (χ4v) is 2.62. The molecule has 3 heteroatoms. The van der Waals surface area contributed by atoms with Crippen LogP contribution in [0.3, 0.4) is 0 Å². The minimum Gasteiger partial charge on any atom is -0.317 e. The SMILES string of the molecule is CC(C)C(CCNCCCN(C)C)c1ccc(Cl)cc1. The summed E-state index contributed by atoms with van der Waals surface area (Å²) in [5, 5.41) is 4.37. The monoisotopic (exact) mass is 296 g/mol. The van der Waals surface area contributed by atoms with Gasteiger partial charge in [0.05, 0.1) is 0 Å². The number of benzene rings is 1. The highest BCUT2D eigenvalue weighted by Crippen LogP contribution is 2.28. The van der Waals surface area contributed by atoms with Crippen LogP contribution in [0.2, 0.25) is 5.02 Å². The maximum Gasteiger partial charge on any atom is 0.0406 e. The number of nitrogens with one attached hydrogen (secondary N) is 1. The van der Waals surface area contributed by atoms with Crippen molar-refractivity contribution in [1.82, 2.24) is 10.2 Å². The molecule has 1 unspecified atom stereocenters. The van der Waals surface area contributed by atoms with Crippen LogP contribution in [0.4, 0.5) is 0 Å². The molecule has 0 aromatic heterocycles. The van der Waals surface area contributed by atoms with Gasteiger partial charge in [-0.15, -0.1) is 0 Å². The Morgan fingerprint density at radius 2 is 1.75 bits per heavy atom. The molecule has 1 rings (SSSR count). The molecule has 0 radical (unpaired) electrons. The summed E-state index contributed by atoms with van der Waals surface area (Å²) in [6.45, 7) is 7.93. The first-order valence-corrected chi connectivity index (χ1v) is 7.99. The highest BCUT2D eigenvalue weighted by atomic mass is 35.5. The average Bonchev–Trinajstić information content (AvgIpc) is 2.38. The minimum atomic E-state index is 0.605. The van der Waals surface area contributed by atoms with Gasteiger partial charge in [-0.1, -0.05) is 37.6 Å². The lowest BCUT2D eigenvalue weighted by atomic mass is 9.86. The average molecular weight is 297 g/mol. The van der Waals surface area contributed by atoms with E-state index in [1.165, 1.54) is 18.4 Å². The van der Waals surface area contributed by atoms with Crippen LogP contribution in [0, 0.1) is 5.92 Å². The third-order valence-corrected chi connectivity index (χ3v) is 3.95. The van der Waals surface area contributed by atoms with Crippen molar-refractivity contribution in [1.29, 1.82) is 0 Å². The van der Waals surface area contributed by atoms with E-state index >= 15 is 0 Å². The Kier molecular flexibility index (Phi) is 8.20. The zero-order valence-corrected chi connectivity index (χ0v) is 14.1. The van der Waals surface area contributed by atoms with Gasteiger partial charge in [-0.05, 0) is 76.1 Å². The third-order valence-electron chi connectivity index (χ3n) is 3.69. The Hall–Kier alpha value is -0.570. The fraction of sp³-hybridized carbons (Fsp3) is 0.647. The number of hydrogen-bond acceptors (Lipinski definition) is 2. The standard InChI is InChI=1S/C17H29ClN2/c1-14(2)17(15-6-8-16(18)9-7-15)10-12-19-11-5-13-20(3)4/h6-9,14,17,19H,5,10-13H2,1-4H3. The lowest BCUT2D eigenvalue weighted by molar-refractivity contribution is 0.390. The molecular formula is C17H29ClN2. The lowest BCUT2D eigenvalue weighted by Crippen LogP contribution is -2.24. The Labute approximate surface area is 129 Å². The molecule has 0 spiro atoms. The van der Waals surface area contributed by atoms with Crippen LogP contribution in [0.15, 0.2) is 24.3 Å². The lowest BCUT2D eigenvalue weighted by Gasteiger charge is -2.22. The molecule has 1 N–H and O–H groups in total. The molecule has 0 aliphatic rings. The van der Waals surface area contributed by atoms with E-state index in [2.05, 4.69) is 50.3 Å². The van der Waals surface area contributed by atoms with E-state index in [9.17, 15) is 0 Å². The number of rotatable bonds is 9. The molecule has 0 bridgehead atoms. The maximum atomic E-state index is 5.97. The molecule has 0 amide bonds. The van der Waals surface area contributed by atoms with Crippen molar-refractivity contribution in [3.05, 3.63) is 34.9 Å². The van der Waals surface area contributed by atoms with Gasteiger partial charge < -0.3 is 10.2 Å². The van der Waals surface area contributed by atoms with Crippen molar-refractivity contribution in [3.63, 3.8) is 0 Å². The van der Waals surface area contributed by atoms with Crippen LogP contribution in [0.25, 0.3) is 0 Å². The smallest absolute Gasteiger partial charge is 0.0406 e. The molecule has 2 nitrogen and oxygen atoms in total. The Morgan fingerprint density at radius 3 is 2.30 bits per heavy atom. The van der Waals surface area contributed by atoms with E-state index in [0.29, 0.717) is 11.8 Å². The fourth-order valence-electron chi connectivity index (χ4n) is 2.50. The van der Waals surface area contributed by atoms with Gasteiger partial charge in [-0.3, -0.25) is 0 Å². The topological polar surface area (TPSA) is 15.3 Å². The first-order valence-electron chi connectivity index (χ1n) is 7.61. The van der Waals surface area contributed by atoms with Gasteiger partial charge in [0.2, 0.25) is 0 Å². The van der Waals surface area contributed by atoms with Crippen molar-refractivity contribution < 1.29 is 0 Å². The second kappa shape index (κ2) is 9.38. The second-order valence-corrected chi connectivity index (χ2v) is 6.53. The molecule has 114 valence electrons. The van der Waals surface area contributed by atoms with E-state index in [0.717, 1.165) is 24.7 Å². The zero-order valence-electron chi connectivity index (χ0n) is 13.3. The first-order chi connectivity index (χ1) is 9.50. The third kappa shape index (κ3) is 6.74. The minimum absolute atomic E-state index is 0.605. The molecule has 0 heterocycles. The molecule has 1 atom stereocenters. The molecule has 0 aliphatic heterocycles. The summed E-state index contributed by atoms with van der Waals surface area (Å²) in [6.07, 6.45) is 2.39. The highest BCUT2D eigenvalue weighted by molar-refractivity contribution is 6.30. The predicted octanol–water partition coefficient (Wildman–Crippen LogP) is 4.01. The van der Waals surface area contributed by atoms with Crippen molar-refractivity contribution in [2.24, 2.45) is 5.92 Å². The molecule has 0 saturated heterocycles. The summed E-state index contributed by atoms with van der Waals surface area (Å²) in [5.41, 5.74) is 1.40. The van der Waals surface area contributed by atoms with Crippen LogP contribution < -0.4 is 5.32 Å². The summed E-state index contributed by atoms with van der Waals surface area (Å²) in [6, 6.07) is 8.33. The van der Waals surface area contributed by atoms with Gasteiger partial charge in [0.1, 0.15) is 0 Å². The normalized spacial score (nSPS) is 13.2. The molecule has 0 aliphatic carbocycles. The van der Waals surface area contributed by atoms with E-state index in [-0.39, 0.29) is 0 Å². The highest BCUT2D eigenvalue weighted by Gasteiger charge is 2.15. The summed E-state index contributed by atoms with van der Waals surface area (Å²) < 4.78 is 0. The van der Waals surface area contributed by atoms with Gasteiger partial charge in [0, 0.05) is 5.02 Å². The molecule has 0 fully saturated rings. The number of halogens is 1. The quantitative estimate of drug-likeness (QED) is 0.693. The maximum absolute atomic E-state index is 5.97. The molecule has 20 heavy (non-hydrogen) atoms. The van der Waals surface area contributed by atoms with Crippen molar-refractivity contribution in [2.45, 2.75) is 32.6 Å². The van der Waals surface area contributed by atoms with Crippen molar-refractivity contribution >= 4 is 11.6 Å². The second-order valence-electron chi connectivity index (χ2n) is 6.10. The first kappa shape index (κ1) is 17.5. The van der Waals surface area contributed by atoms with Crippen LogP contribution in [-0.2, 0) is 0 Å². The van der Waals surface area contributed by atoms with Gasteiger partial charge >= 0.3 is 0 Å². The summed E-state index contributed by atoms with van der Waals surface area (Å²) in [5.74, 6) is 1.26. The van der Waals surface area contributed by atoms with E-state index < -0.39 is 0 Å². The van der Waals surface area contributed by atoms with E-state index in [1.807, 2.05) is 12.1 Å². The van der Waals surface area contributed by atoms with Crippen molar-refractivity contribution in [3.8, 4) is 0 Å². The Morgan fingerprint density at radius 1 is 1.10 bits per heavy atom. The molecule has 1 aromatic rings. The summed E-state index contributed by atoms with van der Waals surface area (Å²) in [7, 11) is 4.24. The van der Waals surface area contributed by atoms with Gasteiger partial charge in [-0.2, -0.15) is 0 Å². The van der Waals surface area contributed by atoms with E-state index in [4.69, 9.17) is 11.6 Å². The number of hydrogen-bond donors (Lipinski definition) is 1. The van der Waals surface area contributed by atoms with Crippen LogP contribution in [0.5, 0.6) is 0 Å². The van der Waals surface area contributed by atoms with E-state index in [1.54, 1.807) is 0 Å². The zero-order chi connectivity index (χ0) is 15.0. The predicted molar refractivity (Wildman–Crippen MR) is 89.7 cm³/mol. The molecule has 0 saturated carbocycles. The number of nitrogens with zero attached hydrogens (tertiary/aromatic N) is 1. The molecule has 1 aromatic carbocycles. The largest absolute Gasteiger partial charge is 0.317 e. The summed E-state index contributed by atoms with van der Waals surface area (Å²) in [4.78, 5) is 2.23. The van der Waals surface area contributed by atoms with Crippen LogP contribution in [0.1, 0.15) is 38.2 Å². The van der Waals surface area contributed by atoms with Gasteiger partial charge in [-0.25, -0.2) is 0 Å². The summed E-state index contributed by atoms with van der Waals surface area (Å²) >= 11 is 5.97. The Bertz CT molecular complexity index is 360. The Balaban J connectivity index is 2.35. The molecular weight excluding hydrogens is 268 g/mol. The van der Waals surface area contributed by atoms with Gasteiger partial charge in [0.15, 0.2) is 0 Å². The van der Waals surface area contributed by atoms with Crippen LogP contribution in [-0.4, -0.2) is 38.6 Å². The van der Waals surface area contributed by atoms with Gasteiger partial charge in [0.25, 0.3) is 0 Å². The van der Waals surface area contributed by atoms with Crippen molar-refractivity contribution in [2.75, 3.05) is 33.7 Å². The van der Waals surface area contributed by atoms with Crippen LogP contribution >= 0.6 is 11.6 Å².